The van der Waals surface area contributed by atoms with Crippen LogP contribution in [-0.2, 0) is 4.57 Å². The molecule has 4 nitrogen and oxygen atoms in total. The molecule has 0 rings (SSSR count). The Kier molecular flexibility index (Phi) is 9.30. The second-order valence-electron chi connectivity index (χ2n) is 7.94. The summed E-state index contributed by atoms with van der Waals surface area (Å²) in [6.07, 6.45) is -2.71. The molecule has 0 bridgehead atoms. The molecule has 0 aliphatic heterocycles. The summed E-state index contributed by atoms with van der Waals surface area (Å²) in [5.41, 5.74) is 0. The monoisotopic (exact) mass is 418 g/mol. The zero-order chi connectivity index (χ0) is 19.6. The lowest BCUT2D eigenvalue weighted by Crippen LogP contribution is -2.33. The van der Waals surface area contributed by atoms with Gasteiger partial charge in [-0.2, -0.15) is 0 Å². The fraction of sp³-hybridized carbons (Fsp3) is 1.00. The Hall–Kier alpha value is 1.13. The third kappa shape index (κ3) is 4.33. The van der Waals surface area contributed by atoms with Gasteiger partial charge in [0.1, 0.15) is 7.12 Å². The minimum atomic E-state index is -3.12. The lowest BCUT2D eigenvalue weighted by atomic mass is 10.2. The van der Waals surface area contributed by atoms with Crippen LogP contribution in [0.2, 0.25) is 0 Å². The highest BCUT2D eigenvalue weighted by Gasteiger charge is 2.58. The van der Waals surface area contributed by atoms with Gasteiger partial charge in [-0.1, -0.05) is 27.7 Å². The Labute approximate surface area is 156 Å². The summed E-state index contributed by atoms with van der Waals surface area (Å²) < 4.78 is 18.5. The molecule has 0 aromatic heterocycles. The van der Waals surface area contributed by atoms with E-state index < -0.39 is 30.5 Å². The first-order chi connectivity index (χ1) is 10.7. The molecule has 24 heavy (non-hydrogen) atoms. The van der Waals surface area contributed by atoms with E-state index in [4.69, 9.17) is 11.2 Å². The molecular formula is C16H38ClN2O2P3. The zero-order valence-corrected chi connectivity index (χ0v) is 20.7. The zero-order valence-electron chi connectivity index (χ0n) is 17.3. The van der Waals surface area contributed by atoms with Crippen molar-refractivity contribution in [2.45, 2.75) is 79.5 Å². The van der Waals surface area contributed by atoms with Crippen LogP contribution in [0.15, 0.2) is 0 Å². The molecule has 0 amide bonds. The maximum Gasteiger partial charge on any atom is 0.269 e. The maximum atomic E-state index is 14.3. The third-order valence-corrected chi connectivity index (χ3v) is 27.4. The van der Waals surface area contributed by atoms with Crippen molar-refractivity contribution in [2.24, 2.45) is 0 Å². The number of halogens is 1. The molecular weight excluding hydrogens is 381 g/mol. The second-order valence-corrected chi connectivity index (χ2v) is 23.0. The molecule has 8 heteroatoms. The lowest BCUT2D eigenvalue weighted by molar-refractivity contribution is -0.147. The van der Waals surface area contributed by atoms with Crippen LogP contribution < -0.4 is 4.89 Å². The van der Waals surface area contributed by atoms with Gasteiger partial charge in [0.05, 0.1) is 10.3 Å². The largest absolute Gasteiger partial charge is 0.626 e. The molecule has 0 aromatic carbocycles. The minimum absolute atomic E-state index is 0.556. The van der Waals surface area contributed by atoms with Crippen LogP contribution in [-0.4, -0.2) is 45.8 Å². The molecule has 0 aromatic rings. The molecule has 1 unspecified atom stereocenters. The van der Waals surface area contributed by atoms with Crippen molar-refractivity contribution in [3.8, 4) is 0 Å². The van der Waals surface area contributed by atoms with Crippen LogP contribution in [0, 0.1) is 0 Å². The molecule has 0 N–H and O–H groups in total. The fourth-order valence-corrected chi connectivity index (χ4v) is 29.3. The van der Waals surface area contributed by atoms with Crippen LogP contribution in [0.25, 0.3) is 0 Å². The smallest absolute Gasteiger partial charge is 0.269 e. The number of hydrogen-bond acceptors (Lipinski definition) is 2. The molecule has 0 saturated heterocycles. The van der Waals surface area contributed by atoms with Crippen molar-refractivity contribution in [3.63, 3.8) is 0 Å². The predicted octanol–water partition coefficient (Wildman–Crippen LogP) is 6.22. The molecule has 0 saturated carbocycles. The van der Waals surface area contributed by atoms with Gasteiger partial charge in [0, 0.05) is 26.2 Å². The summed E-state index contributed by atoms with van der Waals surface area (Å²) in [5, 5.41) is -1.11. The Morgan fingerprint density at radius 1 is 0.833 bits per heavy atom. The molecule has 146 valence electrons. The van der Waals surface area contributed by atoms with Crippen molar-refractivity contribution in [1.29, 1.82) is 0 Å². The number of hydrogen-bond donors (Lipinski definition) is 0. The molecule has 0 radical (unpaired) electrons. The van der Waals surface area contributed by atoms with E-state index in [-0.39, 0.29) is 0 Å². The van der Waals surface area contributed by atoms with Crippen molar-refractivity contribution >= 4 is 31.4 Å². The molecule has 0 fully saturated rings. The highest BCUT2D eigenvalue weighted by molar-refractivity contribution is 8.50. The Balaban J connectivity index is 7.09. The molecule has 0 aliphatic carbocycles. The predicted molar refractivity (Wildman–Crippen MR) is 113 cm³/mol. The highest BCUT2D eigenvalue weighted by Crippen LogP contribution is 2.91. The van der Waals surface area contributed by atoms with Crippen LogP contribution in [0.5, 0.6) is 0 Å². The van der Waals surface area contributed by atoms with Gasteiger partial charge in [-0.25, -0.2) is 9.34 Å². The van der Waals surface area contributed by atoms with Gasteiger partial charge < -0.3 is 4.89 Å². The summed E-state index contributed by atoms with van der Waals surface area (Å²) in [6, 6.07) is 0. The Morgan fingerprint density at radius 2 is 1.08 bits per heavy atom. The van der Waals surface area contributed by atoms with Crippen LogP contribution in [0.1, 0.15) is 69.2 Å². The van der Waals surface area contributed by atoms with Gasteiger partial charge in [-0.15, -0.1) is 0 Å². The van der Waals surface area contributed by atoms with Crippen molar-refractivity contribution in [1.82, 2.24) is 9.34 Å². The Bertz CT molecular complexity index is 482. The lowest BCUT2D eigenvalue weighted by Gasteiger charge is -2.43. The van der Waals surface area contributed by atoms with Gasteiger partial charge in [0.25, 0.3) is 13.0 Å². The molecule has 0 spiro atoms. The van der Waals surface area contributed by atoms with E-state index in [0.717, 1.165) is 0 Å². The molecule has 1 atom stereocenters. The fourth-order valence-electron chi connectivity index (χ4n) is 3.24. The van der Waals surface area contributed by atoms with E-state index in [1.54, 1.807) is 0 Å². The van der Waals surface area contributed by atoms with Crippen LogP contribution in [0.3, 0.4) is 0 Å². The van der Waals surface area contributed by atoms with Crippen molar-refractivity contribution in [2.75, 3.05) is 26.2 Å². The van der Waals surface area contributed by atoms with Crippen molar-refractivity contribution in [3.05, 3.63) is 0 Å². The van der Waals surface area contributed by atoms with Gasteiger partial charge in [0.15, 0.2) is 0 Å². The van der Waals surface area contributed by atoms with E-state index in [1.165, 1.54) is 0 Å². The van der Waals surface area contributed by atoms with E-state index in [9.17, 15) is 9.46 Å². The van der Waals surface area contributed by atoms with Crippen molar-refractivity contribution < 1.29 is 9.46 Å². The van der Waals surface area contributed by atoms with Gasteiger partial charge in [-0.05, 0) is 52.8 Å². The van der Waals surface area contributed by atoms with Crippen LogP contribution >= 0.6 is 31.4 Å². The summed E-state index contributed by atoms with van der Waals surface area (Å²) in [4.78, 5) is 14.0. The molecule has 0 aliphatic rings. The normalized spacial score (nSPS) is 15.3. The standard InChI is InChI=1S/C16H38ClN2O2P3/c1-11-18(12-2)24(17,19(13-3)14-4)22(20)23(21,15(5,6)7)16(8,9)10/h11-14H2,1-10H3. The van der Waals surface area contributed by atoms with E-state index in [0.29, 0.717) is 26.2 Å². The number of nitrogens with zero attached hydrogens (tertiary/aromatic N) is 2. The number of rotatable bonds is 7. The summed E-state index contributed by atoms with van der Waals surface area (Å²) in [6.45, 7) is 19.5. The first-order valence-corrected chi connectivity index (χ1v) is 15.9. The van der Waals surface area contributed by atoms with E-state index in [1.807, 2.05) is 69.2 Å². The SMILES string of the molecule is CCN(CC)P(Cl)(N(CC)CC)=[P+]([O-])P(=O)(C(C)(C)C)C(C)(C)C. The first kappa shape index (κ1) is 25.1. The van der Waals surface area contributed by atoms with Crippen LogP contribution in [0.4, 0.5) is 0 Å². The van der Waals surface area contributed by atoms with Gasteiger partial charge in [-0.3, -0.25) is 4.57 Å². The van der Waals surface area contributed by atoms with Gasteiger partial charge in [0.2, 0.25) is 0 Å². The summed E-state index contributed by atoms with van der Waals surface area (Å²) >= 11 is 7.23. The second kappa shape index (κ2) is 8.88. The quantitative estimate of drug-likeness (QED) is 0.460. The van der Waals surface area contributed by atoms with E-state index >= 15 is 0 Å². The average Bonchev–Trinajstić information content (AvgIpc) is 2.45. The summed E-state index contributed by atoms with van der Waals surface area (Å²) in [5.74, 6) is 0. The third-order valence-electron chi connectivity index (χ3n) is 4.46. The summed E-state index contributed by atoms with van der Waals surface area (Å²) in [7, 11) is -2.12. The maximum absolute atomic E-state index is 14.3. The van der Waals surface area contributed by atoms with E-state index in [2.05, 4.69) is 9.34 Å². The topological polar surface area (TPSA) is 46.6 Å². The molecule has 0 heterocycles. The Morgan fingerprint density at radius 3 is 1.25 bits per heavy atom. The first-order valence-electron chi connectivity index (χ1n) is 8.87. The van der Waals surface area contributed by atoms with Gasteiger partial charge >= 0.3 is 0 Å². The minimum Gasteiger partial charge on any atom is -0.626 e. The highest BCUT2D eigenvalue weighted by atomic mass is 35.7. The average molecular weight is 419 g/mol.